The van der Waals surface area contributed by atoms with Crippen LogP contribution in [0.15, 0.2) is 42.5 Å². The van der Waals surface area contributed by atoms with E-state index in [0.717, 1.165) is 24.1 Å². The van der Waals surface area contributed by atoms with Gasteiger partial charge in [-0.25, -0.2) is 4.39 Å². The second-order valence-corrected chi connectivity index (χ2v) is 6.19. The van der Waals surface area contributed by atoms with Crippen LogP contribution in [0, 0.1) is 16.3 Å². The van der Waals surface area contributed by atoms with Gasteiger partial charge in [-0.3, -0.25) is 0 Å². The normalized spacial score (nSPS) is 12.4. The molecular formula is C17H19FIN. The van der Waals surface area contributed by atoms with Gasteiger partial charge in [0, 0.05) is 3.57 Å². The third-order valence-electron chi connectivity index (χ3n) is 3.33. The molecule has 0 spiro atoms. The molecule has 0 saturated carbocycles. The maximum absolute atomic E-state index is 13.6. The molecule has 1 nitrogen and oxygen atoms in total. The van der Waals surface area contributed by atoms with Crippen LogP contribution >= 0.6 is 22.6 Å². The van der Waals surface area contributed by atoms with Crippen molar-refractivity contribution in [2.75, 3.05) is 6.54 Å². The third kappa shape index (κ3) is 3.79. The number of benzene rings is 2. The summed E-state index contributed by atoms with van der Waals surface area (Å²) in [7, 11) is 0. The minimum atomic E-state index is -0.181. The van der Waals surface area contributed by atoms with Gasteiger partial charge in [0.05, 0.1) is 6.04 Å². The Labute approximate surface area is 133 Å². The summed E-state index contributed by atoms with van der Waals surface area (Å²) in [4.78, 5) is 0. The first kappa shape index (κ1) is 15.4. The van der Waals surface area contributed by atoms with Gasteiger partial charge in [0.1, 0.15) is 5.82 Å². The molecule has 0 aliphatic rings. The first-order valence-electron chi connectivity index (χ1n) is 6.86. The lowest BCUT2D eigenvalue weighted by Gasteiger charge is -2.22. The van der Waals surface area contributed by atoms with Crippen molar-refractivity contribution in [3.05, 3.63) is 68.5 Å². The molecule has 1 unspecified atom stereocenters. The minimum Gasteiger partial charge on any atom is -0.306 e. The molecule has 1 N–H and O–H groups in total. The van der Waals surface area contributed by atoms with Crippen LogP contribution in [-0.4, -0.2) is 6.54 Å². The molecule has 0 aromatic heterocycles. The number of aryl methyl sites for hydroxylation is 1. The van der Waals surface area contributed by atoms with Crippen molar-refractivity contribution in [1.82, 2.24) is 5.32 Å². The number of rotatable bonds is 5. The SMILES string of the molecule is CCCNC(c1cccc(I)c1)c1cc(F)ccc1C. The van der Waals surface area contributed by atoms with Crippen molar-refractivity contribution in [3.8, 4) is 0 Å². The first-order chi connectivity index (χ1) is 9.61. The van der Waals surface area contributed by atoms with E-state index >= 15 is 0 Å². The second kappa shape index (κ2) is 7.18. The van der Waals surface area contributed by atoms with Gasteiger partial charge in [-0.2, -0.15) is 0 Å². The summed E-state index contributed by atoms with van der Waals surface area (Å²) in [5.74, 6) is -0.181. The molecule has 0 heterocycles. The van der Waals surface area contributed by atoms with Crippen molar-refractivity contribution in [2.45, 2.75) is 26.3 Å². The van der Waals surface area contributed by atoms with Crippen LogP contribution in [0.4, 0.5) is 4.39 Å². The molecule has 20 heavy (non-hydrogen) atoms. The highest BCUT2D eigenvalue weighted by atomic mass is 127. The fraction of sp³-hybridized carbons (Fsp3) is 0.294. The Morgan fingerprint density at radius 3 is 2.70 bits per heavy atom. The molecule has 2 aromatic carbocycles. The molecule has 2 aromatic rings. The molecule has 0 bridgehead atoms. The van der Waals surface area contributed by atoms with Gasteiger partial charge in [-0.05, 0) is 83.4 Å². The molecule has 0 aliphatic carbocycles. The van der Waals surface area contributed by atoms with Gasteiger partial charge >= 0.3 is 0 Å². The Kier molecular flexibility index (Phi) is 5.54. The van der Waals surface area contributed by atoms with Crippen molar-refractivity contribution in [1.29, 1.82) is 0 Å². The molecule has 0 fully saturated rings. The Bertz CT molecular complexity index is 583. The second-order valence-electron chi connectivity index (χ2n) is 4.94. The highest BCUT2D eigenvalue weighted by molar-refractivity contribution is 14.1. The molecule has 0 aliphatic heterocycles. The topological polar surface area (TPSA) is 12.0 Å². The van der Waals surface area contributed by atoms with E-state index in [-0.39, 0.29) is 11.9 Å². The summed E-state index contributed by atoms with van der Waals surface area (Å²) in [6.45, 7) is 5.08. The number of hydrogen-bond donors (Lipinski definition) is 1. The number of halogens is 2. The Morgan fingerprint density at radius 2 is 2.00 bits per heavy atom. The maximum Gasteiger partial charge on any atom is 0.123 e. The maximum atomic E-state index is 13.6. The number of nitrogens with one attached hydrogen (secondary N) is 1. The molecule has 1 atom stereocenters. The molecular weight excluding hydrogens is 364 g/mol. The summed E-state index contributed by atoms with van der Waals surface area (Å²) in [6, 6.07) is 13.4. The number of hydrogen-bond acceptors (Lipinski definition) is 1. The monoisotopic (exact) mass is 383 g/mol. The summed E-state index contributed by atoms with van der Waals surface area (Å²) >= 11 is 2.31. The predicted molar refractivity (Wildman–Crippen MR) is 90.4 cm³/mol. The quantitative estimate of drug-likeness (QED) is 0.730. The predicted octanol–water partition coefficient (Wildman–Crippen LogP) is 4.83. The highest BCUT2D eigenvalue weighted by Gasteiger charge is 2.16. The molecule has 3 heteroatoms. The van der Waals surface area contributed by atoms with Gasteiger partial charge in [0.2, 0.25) is 0 Å². The molecule has 0 saturated heterocycles. The molecule has 106 valence electrons. The lowest BCUT2D eigenvalue weighted by Crippen LogP contribution is -2.24. The molecule has 0 amide bonds. The molecule has 2 rings (SSSR count). The fourth-order valence-electron chi connectivity index (χ4n) is 2.30. The fourth-order valence-corrected chi connectivity index (χ4v) is 2.87. The van der Waals surface area contributed by atoms with Crippen molar-refractivity contribution in [2.24, 2.45) is 0 Å². The van der Waals surface area contributed by atoms with Crippen LogP contribution in [0.2, 0.25) is 0 Å². The van der Waals surface area contributed by atoms with Crippen LogP contribution in [0.3, 0.4) is 0 Å². The zero-order valence-electron chi connectivity index (χ0n) is 11.8. The lowest BCUT2D eigenvalue weighted by atomic mass is 9.95. The lowest BCUT2D eigenvalue weighted by molar-refractivity contribution is 0.583. The van der Waals surface area contributed by atoms with Crippen LogP contribution in [-0.2, 0) is 0 Å². The van der Waals surface area contributed by atoms with Crippen molar-refractivity contribution >= 4 is 22.6 Å². The van der Waals surface area contributed by atoms with E-state index < -0.39 is 0 Å². The van der Waals surface area contributed by atoms with Crippen LogP contribution in [0.25, 0.3) is 0 Å². The van der Waals surface area contributed by atoms with E-state index in [4.69, 9.17) is 0 Å². The van der Waals surface area contributed by atoms with E-state index in [0.29, 0.717) is 0 Å². The average Bonchev–Trinajstić information content (AvgIpc) is 2.43. The van der Waals surface area contributed by atoms with Crippen LogP contribution in [0.5, 0.6) is 0 Å². The van der Waals surface area contributed by atoms with Crippen LogP contribution < -0.4 is 5.32 Å². The zero-order valence-corrected chi connectivity index (χ0v) is 13.9. The largest absolute Gasteiger partial charge is 0.306 e. The standard InChI is InChI=1S/C17H19FIN/c1-3-9-20-17(13-5-4-6-15(19)10-13)16-11-14(18)8-7-12(16)2/h4-8,10-11,17,20H,3,9H2,1-2H3. The summed E-state index contributed by atoms with van der Waals surface area (Å²) in [5, 5.41) is 3.53. The third-order valence-corrected chi connectivity index (χ3v) is 4.00. The average molecular weight is 383 g/mol. The van der Waals surface area contributed by atoms with Crippen LogP contribution in [0.1, 0.15) is 36.1 Å². The van der Waals surface area contributed by atoms with E-state index in [1.54, 1.807) is 6.07 Å². The van der Waals surface area contributed by atoms with Gasteiger partial charge < -0.3 is 5.32 Å². The molecule has 0 radical (unpaired) electrons. The van der Waals surface area contributed by atoms with Crippen molar-refractivity contribution in [3.63, 3.8) is 0 Å². The van der Waals surface area contributed by atoms with E-state index in [9.17, 15) is 4.39 Å². The van der Waals surface area contributed by atoms with Gasteiger partial charge in [-0.15, -0.1) is 0 Å². The summed E-state index contributed by atoms with van der Waals surface area (Å²) < 4.78 is 14.8. The van der Waals surface area contributed by atoms with Gasteiger partial charge in [-0.1, -0.05) is 25.1 Å². The minimum absolute atomic E-state index is 0.0420. The van der Waals surface area contributed by atoms with Gasteiger partial charge in [0.15, 0.2) is 0 Å². The van der Waals surface area contributed by atoms with E-state index in [2.05, 4.69) is 53.0 Å². The van der Waals surface area contributed by atoms with Gasteiger partial charge in [0.25, 0.3) is 0 Å². The first-order valence-corrected chi connectivity index (χ1v) is 7.94. The zero-order chi connectivity index (χ0) is 14.5. The highest BCUT2D eigenvalue weighted by Crippen LogP contribution is 2.26. The summed E-state index contributed by atoms with van der Waals surface area (Å²) in [6.07, 6.45) is 1.05. The Hall–Kier alpha value is -0.940. The summed E-state index contributed by atoms with van der Waals surface area (Å²) in [5.41, 5.74) is 3.30. The Morgan fingerprint density at radius 1 is 1.20 bits per heavy atom. The smallest absolute Gasteiger partial charge is 0.123 e. The Balaban J connectivity index is 2.44. The van der Waals surface area contributed by atoms with E-state index in [1.807, 2.05) is 19.1 Å². The van der Waals surface area contributed by atoms with Crippen molar-refractivity contribution < 1.29 is 4.39 Å². The van der Waals surface area contributed by atoms with E-state index in [1.165, 1.54) is 15.2 Å².